The molecule has 0 radical (unpaired) electrons. The lowest BCUT2D eigenvalue weighted by Gasteiger charge is -2.06. The summed E-state index contributed by atoms with van der Waals surface area (Å²) in [6.45, 7) is 1.46. The molecule has 8 nitrogen and oxygen atoms in total. The molecule has 0 rings (SSSR count). The molecule has 0 spiro atoms. The lowest BCUT2D eigenvalue weighted by Crippen LogP contribution is -2.31. The Kier molecular flexibility index (Phi) is 9.51. The van der Waals surface area contributed by atoms with Crippen molar-refractivity contribution < 1.29 is 33.7 Å². The van der Waals surface area contributed by atoms with Crippen molar-refractivity contribution in [2.75, 3.05) is 39.6 Å². The van der Waals surface area contributed by atoms with Gasteiger partial charge in [0.1, 0.15) is 19.8 Å². The molecule has 0 aromatic carbocycles. The van der Waals surface area contributed by atoms with Crippen molar-refractivity contribution in [3.05, 3.63) is 0 Å². The quantitative estimate of drug-likeness (QED) is 0.375. The Morgan fingerprint density at radius 2 is 1.78 bits per heavy atom. The second-order valence-electron chi connectivity index (χ2n) is 3.19. The smallest absolute Gasteiger partial charge is 0.329 e. The van der Waals surface area contributed by atoms with Gasteiger partial charge in [0, 0.05) is 13.5 Å². The average molecular weight is 263 g/mol. The molecule has 104 valence electrons. The minimum atomic E-state index is -1.13. The first kappa shape index (κ1) is 16.3. The van der Waals surface area contributed by atoms with E-state index in [9.17, 15) is 14.4 Å². The third kappa shape index (κ3) is 12.4. The summed E-state index contributed by atoms with van der Waals surface area (Å²) in [6.07, 6.45) is 0. The van der Waals surface area contributed by atoms with Crippen molar-refractivity contribution in [3.8, 4) is 0 Å². The maximum absolute atomic E-state index is 11.0. The number of carbonyl (C=O) groups excluding carboxylic acids is 2. The summed E-state index contributed by atoms with van der Waals surface area (Å²) in [5.41, 5.74) is 0. The fraction of sp³-hybridized carbons (Fsp3) is 0.700. The SMILES string of the molecule is CC(=O)OCCOCCNC(=O)COCC(=O)O. The zero-order valence-electron chi connectivity index (χ0n) is 10.1. The molecule has 1 amide bonds. The van der Waals surface area contributed by atoms with E-state index in [1.165, 1.54) is 6.92 Å². The number of carboxylic acids is 1. The van der Waals surface area contributed by atoms with Gasteiger partial charge in [-0.25, -0.2) is 4.79 Å². The van der Waals surface area contributed by atoms with Crippen molar-refractivity contribution in [1.82, 2.24) is 5.32 Å². The zero-order chi connectivity index (χ0) is 13.8. The van der Waals surface area contributed by atoms with Gasteiger partial charge in [-0.15, -0.1) is 0 Å². The summed E-state index contributed by atoms with van der Waals surface area (Å²) in [5.74, 6) is -1.92. The van der Waals surface area contributed by atoms with Crippen molar-refractivity contribution in [1.29, 1.82) is 0 Å². The number of amides is 1. The molecule has 0 aromatic rings. The highest BCUT2D eigenvalue weighted by molar-refractivity contribution is 5.77. The molecule has 18 heavy (non-hydrogen) atoms. The molecular formula is C10H17NO7. The summed E-state index contributed by atoms with van der Waals surface area (Å²) in [6, 6.07) is 0. The van der Waals surface area contributed by atoms with Gasteiger partial charge in [0.15, 0.2) is 0 Å². The number of rotatable bonds is 10. The van der Waals surface area contributed by atoms with E-state index in [0.717, 1.165) is 0 Å². The third-order valence-electron chi connectivity index (χ3n) is 1.56. The molecule has 0 aliphatic rings. The van der Waals surface area contributed by atoms with Crippen molar-refractivity contribution >= 4 is 17.8 Å². The lowest BCUT2D eigenvalue weighted by molar-refractivity contribution is -0.144. The van der Waals surface area contributed by atoms with E-state index in [4.69, 9.17) is 9.84 Å². The molecule has 8 heteroatoms. The highest BCUT2D eigenvalue weighted by Gasteiger charge is 2.02. The minimum Gasteiger partial charge on any atom is -0.480 e. The standard InChI is InChI=1S/C10H17NO7/c1-8(12)18-5-4-16-3-2-11-9(13)6-17-7-10(14)15/h2-7H2,1H3,(H,11,13)(H,14,15). The van der Waals surface area contributed by atoms with Gasteiger partial charge < -0.3 is 24.6 Å². The minimum absolute atomic E-state index is 0.172. The predicted molar refractivity (Wildman–Crippen MR) is 58.9 cm³/mol. The number of hydrogen-bond donors (Lipinski definition) is 2. The van der Waals surface area contributed by atoms with Crippen LogP contribution in [0.15, 0.2) is 0 Å². The van der Waals surface area contributed by atoms with Crippen LogP contribution < -0.4 is 5.32 Å². The Hall–Kier alpha value is -1.67. The Bertz CT molecular complexity index is 279. The van der Waals surface area contributed by atoms with E-state index in [1.54, 1.807) is 0 Å². The highest BCUT2D eigenvalue weighted by atomic mass is 16.6. The summed E-state index contributed by atoms with van der Waals surface area (Å²) < 4.78 is 14.2. The molecule has 0 aromatic heterocycles. The number of carbonyl (C=O) groups is 3. The van der Waals surface area contributed by atoms with Crippen LogP contribution in [0.2, 0.25) is 0 Å². The van der Waals surface area contributed by atoms with Crippen LogP contribution in [0.25, 0.3) is 0 Å². The predicted octanol–water partition coefficient (Wildman–Crippen LogP) is -1.22. The number of ether oxygens (including phenoxy) is 3. The van der Waals surface area contributed by atoms with Gasteiger partial charge >= 0.3 is 11.9 Å². The molecule has 0 aliphatic carbocycles. The Morgan fingerprint density at radius 1 is 1.06 bits per heavy atom. The van der Waals surface area contributed by atoms with Gasteiger partial charge in [-0.05, 0) is 0 Å². The fourth-order valence-corrected chi connectivity index (χ4v) is 0.891. The Balaban J connectivity index is 3.25. The van der Waals surface area contributed by atoms with Gasteiger partial charge in [0.2, 0.25) is 5.91 Å². The maximum atomic E-state index is 11.0. The van der Waals surface area contributed by atoms with E-state index in [1.807, 2.05) is 0 Å². The maximum Gasteiger partial charge on any atom is 0.329 e. The van der Waals surface area contributed by atoms with Crippen LogP contribution in [0.3, 0.4) is 0 Å². The molecule has 0 aliphatic heterocycles. The molecule has 0 bridgehead atoms. The number of aliphatic carboxylic acids is 1. The summed E-state index contributed by atoms with van der Waals surface area (Å²) in [4.78, 5) is 31.5. The van der Waals surface area contributed by atoms with E-state index in [-0.39, 0.29) is 38.9 Å². The molecule has 0 saturated carbocycles. The number of carboxylic acid groups (broad SMARTS) is 1. The van der Waals surface area contributed by atoms with Gasteiger partial charge in [-0.2, -0.15) is 0 Å². The molecule has 0 heterocycles. The van der Waals surface area contributed by atoms with E-state index in [2.05, 4.69) is 14.8 Å². The van der Waals surface area contributed by atoms with Gasteiger partial charge in [0.05, 0.1) is 13.2 Å². The van der Waals surface area contributed by atoms with Crippen LogP contribution in [0, 0.1) is 0 Å². The number of esters is 1. The average Bonchev–Trinajstić information content (AvgIpc) is 2.26. The molecule has 2 N–H and O–H groups in total. The van der Waals surface area contributed by atoms with E-state index in [0.29, 0.717) is 0 Å². The first-order valence-electron chi connectivity index (χ1n) is 5.29. The zero-order valence-corrected chi connectivity index (χ0v) is 10.1. The van der Waals surface area contributed by atoms with Gasteiger partial charge in [0.25, 0.3) is 0 Å². The first-order chi connectivity index (χ1) is 8.52. The van der Waals surface area contributed by atoms with Crippen LogP contribution in [0.5, 0.6) is 0 Å². The number of hydrogen-bond acceptors (Lipinski definition) is 6. The van der Waals surface area contributed by atoms with Crippen molar-refractivity contribution in [2.24, 2.45) is 0 Å². The van der Waals surface area contributed by atoms with Crippen LogP contribution in [-0.2, 0) is 28.6 Å². The second-order valence-corrected chi connectivity index (χ2v) is 3.19. The number of nitrogens with one attached hydrogen (secondary N) is 1. The highest BCUT2D eigenvalue weighted by Crippen LogP contribution is 1.80. The normalized spacial score (nSPS) is 9.83. The van der Waals surface area contributed by atoms with Crippen LogP contribution in [0.1, 0.15) is 6.92 Å². The molecule has 0 saturated heterocycles. The molecule has 0 atom stereocenters. The summed E-state index contributed by atoms with van der Waals surface area (Å²) >= 11 is 0. The molecule has 0 fully saturated rings. The van der Waals surface area contributed by atoms with E-state index >= 15 is 0 Å². The molecule has 0 unspecified atom stereocenters. The van der Waals surface area contributed by atoms with E-state index < -0.39 is 18.5 Å². The van der Waals surface area contributed by atoms with Gasteiger partial charge in [-0.3, -0.25) is 9.59 Å². The van der Waals surface area contributed by atoms with Crippen LogP contribution >= 0.6 is 0 Å². The third-order valence-corrected chi connectivity index (χ3v) is 1.56. The summed E-state index contributed by atoms with van der Waals surface area (Å²) in [5, 5.41) is 10.7. The largest absolute Gasteiger partial charge is 0.480 e. The fourth-order valence-electron chi connectivity index (χ4n) is 0.891. The second kappa shape index (κ2) is 10.5. The van der Waals surface area contributed by atoms with Crippen LogP contribution in [-0.4, -0.2) is 62.5 Å². The topological polar surface area (TPSA) is 111 Å². The Morgan fingerprint density at radius 3 is 2.39 bits per heavy atom. The van der Waals surface area contributed by atoms with Gasteiger partial charge in [-0.1, -0.05) is 0 Å². The Labute approximate surface area is 104 Å². The monoisotopic (exact) mass is 263 g/mol. The van der Waals surface area contributed by atoms with Crippen molar-refractivity contribution in [2.45, 2.75) is 6.92 Å². The first-order valence-corrected chi connectivity index (χ1v) is 5.29. The molecular weight excluding hydrogens is 246 g/mol. The van der Waals surface area contributed by atoms with Crippen molar-refractivity contribution in [3.63, 3.8) is 0 Å². The lowest BCUT2D eigenvalue weighted by atomic mass is 10.6. The van der Waals surface area contributed by atoms with Crippen LogP contribution in [0.4, 0.5) is 0 Å². The summed E-state index contributed by atoms with van der Waals surface area (Å²) in [7, 11) is 0.